The molecule has 1 saturated heterocycles. The molecular formula is C21H18BrCl2F5N2O. The Bertz CT molecular complexity index is 1050. The summed E-state index contributed by atoms with van der Waals surface area (Å²) in [5, 5.41) is 0.995. The van der Waals surface area contributed by atoms with Crippen LogP contribution in [0.15, 0.2) is 28.7 Å². The molecule has 11 heteroatoms. The topological polar surface area (TPSA) is 32.3 Å². The second-order valence-corrected chi connectivity index (χ2v) is 9.14. The Morgan fingerprint density at radius 1 is 1.22 bits per heavy atom. The van der Waals surface area contributed by atoms with Crippen LogP contribution in [0.2, 0.25) is 10.0 Å². The number of alkyl halides is 3. The van der Waals surface area contributed by atoms with Gasteiger partial charge in [0, 0.05) is 41.8 Å². The Labute approximate surface area is 200 Å². The van der Waals surface area contributed by atoms with E-state index in [-0.39, 0.29) is 19.0 Å². The lowest BCUT2D eigenvalue weighted by Crippen LogP contribution is -2.45. The molecule has 1 heterocycles. The van der Waals surface area contributed by atoms with Crippen molar-refractivity contribution in [1.29, 1.82) is 0 Å². The average molecular weight is 560 g/mol. The van der Waals surface area contributed by atoms with Crippen LogP contribution >= 0.6 is 39.1 Å². The van der Waals surface area contributed by atoms with Crippen LogP contribution in [-0.2, 0) is 16.8 Å². The summed E-state index contributed by atoms with van der Waals surface area (Å²) < 4.78 is 71.9. The summed E-state index contributed by atoms with van der Waals surface area (Å²) in [5.41, 5.74) is -2.16. The second kappa shape index (κ2) is 9.35. The largest absolute Gasteiger partial charge is 0.400 e. The van der Waals surface area contributed by atoms with Crippen LogP contribution in [0.5, 0.6) is 0 Å². The zero-order chi connectivity index (χ0) is 23.8. The summed E-state index contributed by atoms with van der Waals surface area (Å²) in [4.78, 5) is 12.9. The van der Waals surface area contributed by atoms with Crippen molar-refractivity contribution in [2.45, 2.75) is 37.9 Å². The third kappa shape index (κ3) is 4.56. The Morgan fingerprint density at radius 2 is 1.91 bits per heavy atom. The molecule has 1 N–H and O–H groups in total. The number of carbonyl (C=O) groups is 1. The van der Waals surface area contributed by atoms with Crippen LogP contribution in [0.4, 0.5) is 27.6 Å². The molecule has 1 fully saturated rings. The monoisotopic (exact) mass is 558 g/mol. The first kappa shape index (κ1) is 25.1. The van der Waals surface area contributed by atoms with Crippen molar-refractivity contribution >= 4 is 50.7 Å². The van der Waals surface area contributed by atoms with Gasteiger partial charge in [-0.25, -0.2) is 8.78 Å². The highest BCUT2D eigenvalue weighted by Crippen LogP contribution is 2.51. The second-order valence-electron chi connectivity index (χ2n) is 7.51. The Kier molecular flexibility index (Phi) is 7.32. The lowest BCUT2D eigenvalue weighted by Gasteiger charge is -2.33. The van der Waals surface area contributed by atoms with Crippen molar-refractivity contribution in [2.75, 3.05) is 18.0 Å². The summed E-state index contributed by atoms with van der Waals surface area (Å²) in [5.74, 6) is -2.89. The normalized spacial score (nSPS) is 18.8. The summed E-state index contributed by atoms with van der Waals surface area (Å²) >= 11 is 14.7. The molecule has 1 amide bonds. The number of carbonyl (C=O) groups excluding carboxylic acids is 1. The summed E-state index contributed by atoms with van der Waals surface area (Å²) in [6, 6.07) is 5.63. The molecule has 0 aliphatic carbocycles. The highest BCUT2D eigenvalue weighted by Gasteiger charge is 2.60. The van der Waals surface area contributed by atoms with Crippen LogP contribution in [0, 0.1) is 11.6 Å². The molecule has 1 aliphatic rings. The molecule has 2 aromatic carbocycles. The number of nitrogens with one attached hydrogen (secondary N) is 1. The smallest absolute Gasteiger partial charge is 0.370 e. The first-order valence-electron chi connectivity index (χ1n) is 9.61. The zero-order valence-corrected chi connectivity index (χ0v) is 19.8. The van der Waals surface area contributed by atoms with Gasteiger partial charge in [0.1, 0.15) is 16.3 Å². The summed E-state index contributed by atoms with van der Waals surface area (Å²) in [6.07, 6.45) is -4.97. The van der Waals surface area contributed by atoms with Gasteiger partial charge >= 0.3 is 6.18 Å². The SMILES string of the molecule is CCC(=O)NCc1ccc(N2CCC(c3cc(Cl)c(F)c(Cl)c3F)(C(F)(F)F)C2)cc1Br. The molecule has 0 spiro atoms. The van der Waals surface area contributed by atoms with Gasteiger partial charge in [-0.3, -0.25) is 4.79 Å². The maximum atomic E-state index is 14.7. The van der Waals surface area contributed by atoms with E-state index in [0.29, 0.717) is 22.6 Å². The molecule has 1 atom stereocenters. The summed E-state index contributed by atoms with van der Waals surface area (Å²) in [6.45, 7) is 1.36. The minimum atomic E-state index is -4.84. The van der Waals surface area contributed by atoms with Gasteiger partial charge in [-0.15, -0.1) is 0 Å². The highest BCUT2D eigenvalue weighted by atomic mass is 79.9. The van der Waals surface area contributed by atoms with E-state index in [9.17, 15) is 26.7 Å². The van der Waals surface area contributed by atoms with E-state index in [1.807, 2.05) is 0 Å². The third-order valence-electron chi connectivity index (χ3n) is 5.63. The van der Waals surface area contributed by atoms with Crippen LogP contribution in [-0.4, -0.2) is 25.2 Å². The fraction of sp³-hybridized carbons (Fsp3) is 0.381. The average Bonchev–Trinajstić information content (AvgIpc) is 3.20. The number of nitrogens with zero attached hydrogens (tertiary/aromatic N) is 1. The van der Waals surface area contributed by atoms with Gasteiger partial charge < -0.3 is 10.2 Å². The highest BCUT2D eigenvalue weighted by molar-refractivity contribution is 9.10. The number of amides is 1. The van der Waals surface area contributed by atoms with Gasteiger partial charge in [0.15, 0.2) is 5.82 Å². The molecular weight excluding hydrogens is 542 g/mol. The van der Waals surface area contributed by atoms with Crippen molar-refractivity contribution in [3.8, 4) is 0 Å². The van der Waals surface area contributed by atoms with Gasteiger partial charge in [-0.1, -0.05) is 52.1 Å². The van der Waals surface area contributed by atoms with Crippen LogP contribution in [0.25, 0.3) is 0 Å². The maximum absolute atomic E-state index is 14.7. The molecule has 2 aromatic rings. The van der Waals surface area contributed by atoms with E-state index in [0.717, 1.165) is 5.56 Å². The Morgan fingerprint density at radius 3 is 2.50 bits per heavy atom. The Hall–Kier alpha value is -1.58. The standard InChI is InChI=1S/C21H18BrCl2F5N2O/c1-2-16(32)30-9-11-3-4-12(7-14(11)22)31-6-5-20(10-31,21(27,28)29)13-8-15(23)19(26)17(24)18(13)25/h3-4,7-8H,2,5-6,9-10H2,1H3,(H,30,32). The van der Waals surface area contributed by atoms with Gasteiger partial charge in [0.05, 0.1) is 5.02 Å². The fourth-order valence-electron chi connectivity index (χ4n) is 3.75. The number of benzene rings is 2. The van der Waals surface area contributed by atoms with E-state index in [2.05, 4.69) is 21.2 Å². The van der Waals surface area contributed by atoms with Gasteiger partial charge in [0.2, 0.25) is 5.91 Å². The van der Waals surface area contributed by atoms with Gasteiger partial charge in [-0.2, -0.15) is 13.2 Å². The predicted molar refractivity (Wildman–Crippen MR) is 117 cm³/mol. The lowest BCUT2D eigenvalue weighted by molar-refractivity contribution is -0.185. The quantitative estimate of drug-likeness (QED) is 0.249. The zero-order valence-electron chi connectivity index (χ0n) is 16.7. The van der Waals surface area contributed by atoms with Crippen molar-refractivity contribution in [1.82, 2.24) is 5.32 Å². The van der Waals surface area contributed by atoms with Crippen molar-refractivity contribution < 1.29 is 26.7 Å². The first-order chi connectivity index (χ1) is 14.9. The van der Waals surface area contributed by atoms with Crippen LogP contribution in [0.3, 0.4) is 0 Å². The van der Waals surface area contributed by atoms with E-state index in [4.69, 9.17) is 23.2 Å². The number of halogens is 8. The van der Waals surface area contributed by atoms with Gasteiger partial charge in [0.25, 0.3) is 0 Å². The number of hydrogen-bond acceptors (Lipinski definition) is 2. The van der Waals surface area contributed by atoms with E-state index < -0.39 is 51.8 Å². The molecule has 0 aromatic heterocycles. The minimum Gasteiger partial charge on any atom is -0.370 e. The fourth-order valence-corrected chi connectivity index (χ4v) is 4.71. The predicted octanol–water partition coefficient (Wildman–Crippen LogP) is 6.77. The number of hydrogen-bond donors (Lipinski definition) is 1. The van der Waals surface area contributed by atoms with E-state index in [1.165, 1.54) is 4.90 Å². The van der Waals surface area contributed by atoms with Crippen molar-refractivity contribution in [3.05, 3.63) is 61.5 Å². The molecule has 1 aliphatic heterocycles. The van der Waals surface area contributed by atoms with Crippen LogP contribution in [0.1, 0.15) is 30.9 Å². The van der Waals surface area contributed by atoms with E-state index in [1.54, 1.807) is 25.1 Å². The molecule has 0 saturated carbocycles. The maximum Gasteiger partial charge on any atom is 0.400 e. The molecule has 174 valence electrons. The number of anilines is 1. The molecule has 3 nitrogen and oxygen atoms in total. The molecule has 0 radical (unpaired) electrons. The van der Waals surface area contributed by atoms with Crippen molar-refractivity contribution in [2.24, 2.45) is 0 Å². The van der Waals surface area contributed by atoms with E-state index >= 15 is 0 Å². The molecule has 32 heavy (non-hydrogen) atoms. The molecule has 0 bridgehead atoms. The van der Waals surface area contributed by atoms with Crippen LogP contribution < -0.4 is 10.2 Å². The number of rotatable bonds is 5. The third-order valence-corrected chi connectivity index (χ3v) is 6.97. The minimum absolute atomic E-state index is 0.0239. The summed E-state index contributed by atoms with van der Waals surface area (Å²) in [7, 11) is 0. The lowest BCUT2D eigenvalue weighted by atomic mass is 9.78. The van der Waals surface area contributed by atoms with Gasteiger partial charge in [-0.05, 0) is 30.2 Å². The Balaban J connectivity index is 1.94. The van der Waals surface area contributed by atoms with Crippen molar-refractivity contribution in [3.63, 3.8) is 0 Å². The first-order valence-corrected chi connectivity index (χ1v) is 11.2. The molecule has 1 unspecified atom stereocenters. The molecule has 3 rings (SSSR count).